The highest BCUT2D eigenvalue weighted by Crippen LogP contribution is 2.03. The summed E-state index contributed by atoms with van der Waals surface area (Å²) in [5.74, 6) is -0.317. The van der Waals surface area contributed by atoms with Gasteiger partial charge in [-0.3, -0.25) is 9.63 Å². The first-order valence-electron chi connectivity index (χ1n) is 4.32. The van der Waals surface area contributed by atoms with E-state index < -0.39 is 0 Å². The lowest BCUT2D eigenvalue weighted by molar-refractivity contribution is -0.132. The molecule has 6 nitrogen and oxygen atoms in total. The first kappa shape index (κ1) is 10.4. The average Bonchev–Trinajstić information content (AvgIpc) is 2.51. The second-order valence-electron chi connectivity index (χ2n) is 3.14. The Hall–Kier alpha value is -0.690. The minimum atomic E-state index is -0.317. The molecular weight excluding hydrogens is 172 g/mol. The summed E-state index contributed by atoms with van der Waals surface area (Å²) in [6.07, 6.45) is 0.874. The highest BCUT2D eigenvalue weighted by atomic mass is 16.7. The molecule has 0 saturated carbocycles. The number of hydroxylamine groups is 1. The van der Waals surface area contributed by atoms with Gasteiger partial charge in [-0.2, -0.15) is 0 Å². The van der Waals surface area contributed by atoms with E-state index in [0.717, 1.165) is 13.0 Å². The van der Waals surface area contributed by atoms with Crippen molar-refractivity contribution in [2.75, 3.05) is 19.7 Å². The van der Waals surface area contributed by atoms with Gasteiger partial charge in [0.25, 0.3) is 5.91 Å². The number of nitrogens with one attached hydrogen (secondary N) is 2. The lowest BCUT2D eigenvalue weighted by Crippen LogP contribution is -2.35. The summed E-state index contributed by atoms with van der Waals surface area (Å²) < 4.78 is 0. The summed E-state index contributed by atoms with van der Waals surface area (Å²) in [5, 5.41) is 3.17. The van der Waals surface area contributed by atoms with Gasteiger partial charge in [0.1, 0.15) is 0 Å². The molecule has 1 rings (SSSR count). The summed E-state index contributed by atoms with van der Waals surface area (Å²) in [4.78, 5) is 15.6. The van der Waals surface area contributed by atoms with Crippen molar-refractivity contribution in [1.82, 2.24) is 10.8 Å². The lowest BCUT2D eigenvalue weighted by atomic mass is 10.2. The Balaban J connectivity index is 2.03. The van der Waals surface area contributed by atoms with E-state index in [4.69, 9.17) is 16.3 Å². The lowest BCUT2D eigenvalue weighted by Gasteiger charge is -2.10. The van der Waals surface area contributed by atoms with Gasteiger partial charge in [0, 0.05) is 18.6 Å². The molecule has 0 aliphatic carbocycles. The van der Waals surface area contributed by atoms with Crippen molar-refractivity contribution in [2.24, 2.45) is 11.5 Å². The van der Waals surface area contributed by atoms with Gasteiger partial charge in [-0.05, 0) is 6.42 Å². The third kappa shape index (κ3) is 3.69. The van der Waals surface area contributed by atoms with Crippen molar-refractivity contribution >= 4 is 5.91 Å². The molecule has 1 unspecified atom stereocenters. The molecule has 0 spiro atoms. The number of hydrogen-bond acceptors (Lipinski definition) is 5. The maximum absolute atomic E-state index is 10.6. The van der Waals surface area contributed by atoms with Crippen LogP contribution in [0.1, 0.15) is 6.42 Å². The van der Waals surface area contributed by atoms with E-state index in [1.54, 1.807) is 0 Å². The Bertz CT molecular complexity index is 176. The molecule has 6 heteroatoms. The SMILES string of the molecule is NCC(=O)NOCC1C[C@@H](N)CN1. The molecule has 0 bridgehead atoms. The fourth-order valence-corrected chi connectivity index (χ4v) is 1.24. The Kier molecular flexibility index (Phi) is 4.10. The third-order valence-electron chi connectivity index (χ3n) is 1.91. The Morgan fingerprint density at radius 2 is 2.46 bits per heavy atom. The fourth-order valence-electron chi connectivity index (χ4n) is 1.24. The molecule has 1 aliphatic rings. The van der Waals surface area contributed by atoms with E-state index in [-0.39, 0.29) is 24.5 Å². The van der Waals surface area contributed by atoms with Gasteiger partial charge in [-0.15, -0.1) is 0 Å². The average molecular weight is 188 g/mol. The van der Waals surface area contributed by atoms with Gasteiger partial charge in [-0.25, -0.2) is 5.48 Å². The van der Waals surface area contributed by atoms with E-state index in [0.29, 0.717) is 6.61 Å². The molecule has 13 heavy (non-hydrogen) atoms. The van der Waals surface area contributed by atoms with E-state index in [9.17, 15) is 4.79 Å². The van der Waals surface area contributed by atoms with Crippen LogP contribution in [0, 0.1) is 0 Å². The molecular formula is C7H16N4O2. The zero-order valence-corrected chi connectivity index (χ0v) is 7.45. The zero-order chi connectivity index (χ0) is 9.68. The van der Waals surface area contributed by atoms with Gasteiger partial charge in [0.2, 0.25) is 0 Å². The van der Waals surface area contributed by atoms with E-state index >= 15 is 0 Å². The van der Waals surface area contributed by atoms with Crippen molar-refractivity contribution in [3.8, 4) is 0 Å². The van der Waals surface area contributed by atoms with Crippen molar-refractivity contribution in [3.05, 3.63) is 0 Å². The second-order valence-corrected chi connectivity index (χ2v) is 3.14. The van der Waals surface area contributed by atoms with Crippen molar-refractivity contribution < 1.29 is 9.63 Å². The monoisotopic (exact) mass is 188 g/mol. The Labute approximate surface area is 76.9 Å². The number of amides is 1. The van der Waals surface area contributed by atoms with Crippen LogP contribution in [0.2, 0.25) is 0 Å². The number of nitrogens with two attached hydrogens (primary N) is 2. The molecule has 1 saturated heterocycles. The quantitative estimate of drug-likeness (QED) is 0.371. The number of carbonyl (C=O) groups is 1. The van der Waals surface area contributed by atoms with Crippen LogP contribution in [-0.4, -0.2) is 37.7 Å². The molecule has 0 aromatic carbocycles. The first-order valence-corrected chi connectivity index (χ1v) is 4.32. The van der Waals surface area contributed by atoms with Crippen molar-refractivity contribution in [2.45, 2.75) is 18.5 Å². The summed E-state index contributed by atoms with van der Waals surface area (Å²) >= 11 is 0. The van der Waals surface area contributed by atoms with Crippen LogP contribution in [0.5, 0.6) is 0 Å². The normalized spacial score (nSPS) is 27.5. The fraction of sp³-hybridized carbons (Fsp3) is 0.857. The highest BCUT2D eigenvalue weighted by Gasteiger charge is 2.20. The predicted molar refractivity (Wildman–Crippen MR) is 47.5 cm³/mol. The molecule has 0 aromatic heterocycles. The minimum Gasteiger partial charge on any atom is -0.326 e. The highest BCUT2D eigenvalue weighted by molar-refractivity contribution is 5.76. The molecule has 76 valence electrons. The summed E-state index contributed by atoms with van der Waals surface area (Å²) in [7, 11) is 0. The van der Waals surface area contributed by atoms with Crippen LogP contribution < -0.4 is 22.3 Å². The van der Waals surface area contributed by atoms with Crippen molar-refractivity contribution in [3.63, 3.8) is 0 Å². The summed E-state index contributed by atoms with van der Waals surface area (Å²) in [5.41, 5.74) is 12.9. The van der Waals surface area contributed by atoms with E-state index in [1.807, 2.05) is 0 Å². The molecule has 6 N–H and O–H groups in total. The topological polar surface area (TPSA) is 102 Å². The van der Waals surface area contributed by atoms with Crippen LogP contribution >= 0.6 is 0 Å². The maximum atomic E-state index is 10.6. The molecule has 2 atom stereocenters. The molecule has 1 amide bonds. The Morgan fingerprint density at radius 3 is 3.00 bits per heavy atom. The molecule has 1 fully saturated rings. The van der Waals surface area contributed by atoms with Gasteiger partial charge in [0.15, 0.2) is 0 Å². The van der Waals surface area contributed by atoms with Crippen LogP contribution in [0.25, 0.3) is 0 Å². The van der Waals surface area contributed by atoms with Crippen LogP contribution in [0.3, 0.4) is 0 Å². The van der Waals surface area contributed by atoms with Gasteiger partial charge >= 0.3 is 0 Å². The Morgan fingerprint density at radius 1 is 1.69 bits per heavy atom. The summed E-state index contributed by atoms with van der Waals surface area (Å²) in [6, 6.07) is 0.423. The van der Waals surface area contributed by atoms with Gasteiger partial charge in [0.05, 0.1) is 13.2 Å². The van der Waals surface area contributed by atoms with Crippen molar-refractivity contribution in [1.29, 1.82) is 0 Å². The minimum absolute atomic E-state index is 0.0579. The van der Waals surface area contributed by atoms with Gasteiger partial charge in [-0.1, -0.05) is 0 Å². The smallest absolute Gasteiger partial charge is 0.257 e. The third-order valence-corrected chi connectivity index (χ3v) is 1.91. The number of hydrogen-bond donors (Lipinski definition) is 4. The van der Waals surface area contributed by atoms with Crippen LogP contribution in [-0.2, 0) is 9.63 Å². The largest absolute Gasteiger partial charge is 0.326 e. The maximum Gasteiger partial charge on any atom is 0.257 e. The zero-order valence-electron chi connectivity index (χ0n) is 7.45. The van der Waals surface area contributed by atoms with Crippen LogP contribution in [0.4, 0.5) is 0 Å². The summed E-state index contributed by atoms with van der Waals surface area (Å²) in [6.45, 7) is 1.18. The molecule has 1 aliphatic heterocycles. The number of rotatable bonds is 4. The standard InChI is InChI=1S/C7H16N4O2/c8-2-7(12)11-13-4-6-1-5(9)3-10-6/h5-6,10H,1-4,8-9H2,(H,11,12)/t5-,6?/m1/s1. The van der Waals surface area contributed by atoms with E-state index in [2.05, 4.69) is 10.8 Å². The first-order chi connectivity index (χ1) is 6.22. The van der Waals surface area contributed by atoms with Crippen LogP contribution in [0.15, 0.2) is 0 Å². The predicted octanol–water partition coefficient (Wildman–Crippen LogP) is -2.32. The number of carbonyl (C=O) groups excluding carboxylic acids is 1. The van der Waals surface area contributed by atoms with Gasteiger partial charge < -0.3 is 16.8 Å². The molecule has 0 radical (unpaired) electrons. The van der Waals surface area contributed by atoms with E-state index in [1.165, 1.54) is 0 Å². The molecule has 0 aromatic rings. The molecule has 1 heterocycles. The second kappa shape index (κ2) is 5.13.